The van der Waals surface area contributed by atoms with Gasteiger partial charge in [0.25, 0.3) is 11.5 Å². The third kappa shape index (κ3) is 4.18. The second-order valence-corrected chi connectivity index (χ2v) is 5.94. The SMILES string of the molecule is CCN(Cc1nc2ccccc2c(=O)[nH]1)C(=O)[C@@H]1CC[C@H](CN)O1.Cl. The van der Waals surface area contributed by atoms with Crippen molar-refractivity contribution in [3.8, 4) is 0 Å². The van der Waals surface area contributed by atoms with Gasteiger partial charge in [-0.25, -0.2) is 4.98 Å². The standard InChI is InChI=1S/C17H22N4O3.ClH/c1-2-21(17(23)14-8-7-11(9-18)24-14)10-15-19-13-6-4-3-5-12(13)16(22)20-15;/h3-6,11,14H,2,7-10,18H2,1H3,(H,19,20,22);1H/t11-,14+;/m1./s1. The van der Waals surface area contributed by atoms with Gasteiger partial charge in [-0.15, -0.1) is 12.4 Å². The number of aromatic amines is 1. The number of nitrogens with one attached hydrogen (secondary N) is 1. The fourth-order valence-electron chi connectivity index (χ4n) is 3.00. The van der Waals surface area contributed by atoms with Crippen molar-refractivity contribution >= 4 is 29.2 Å². The molecule has 0 aliphatic carbocycles. The van der Waals surface area contributed by atoms with E-state index in [1.54, 1.807) is 23.1 Å². The van der Waals surface area contributed by atoms with E-state index in [0.717, 1.165) is 6.42 Å². The summed E-state index contributed by atoms with van der Waals surface area (Å²) in [6.07, 6.45) is 0.982. The van der Waals surface area contributed by atoms with Crippen LogP contribution in [0.15, 0.2) is 29.1 Å². The number of hydrogen-bond acceptors (Lipinski definition) is 5. The maximum absolute atomic E-state index is 12.6. The number of likely N-dealkylation sites (N-methyl/N-ethyl adjacent to an activating group) is 1. The van der Waals surface area contributed by atoms with Crippen LogP contribution in [0.3, 0.4) is 0 Å². The van der Waals surface area contributed by atoms with E-state index in [0.29, 0.717) is 36.2 Å². The maximum Gasteiger partial charge on any atom is 0.258 e. The van der Waals surface area contributed by atoms with Gasteiger partial charge in [0.15, 0.2) is 0 Å². The lowest BCUT2D eigenvalue weighted by Crippen LogP contribution is -2.39. The first-order chi connectivity index (χ1) is 11.6. The minimum atomic E-state index is -0.453. The number of halogens is 1. The van der Waals surface area contributed by atoms with Crippen LogP contribution in [0.5, 0.6) is 0 Å². The first-order valence-electron chi connectivity index (χ1n) is 8.24. The van der Waals surface area contributed by atoms with Gasteiger partial charge < -0.3 is 20.4 Å². The Morgan fingerprint density at radius 3 is 2.84 bits per heavy atom. The molecule has 1 saturated heterocycles. The van der Waals surface area contributed by atoms with Gasteiger partial charge in [-0.05, 0) is 31.9 Å². The minimum Gasteiger partial charge on any atom is -0.364 e. The lowest BCUT2D eigenvalue weighted by molar-refractivity contribution is -0.143. The Morgan fingerprint density at radius 1 is 1.40 bits per heavy atom. The summed E-state index contributed by atoms with van der Waals surface area (Å²) in [5.74, 6) is 0.395. The number of para-hydroxylation sites is 1. The number of nitrogens with two attached hydrogens (primary N) is 1. The molecule has 3 rings (SSSR count). The third-order valence-electron chi connectivity index (χ3n) is 4.34. The highest BCUT2D eigenvalue weighted by molar-refractivity contribution is 5.85. The van der Waals surface area contributed by atoms with E-state index in [1.807, 2.05) is 13.0 Å². The van der Waals surface area contributed by atoms with Crippen molar-refractivity contribution in [3.63, 3.8) is 0 Å². The Kier molecular flexibility index (Phi) is 6.52. The van der Waals surface area contributed by atoms with Gasteiger partial charge in [0.05, 0.1) is 23.6 Å². The molecule has 0 radical (unpaired) electrons. The average Bonchev–Trinajstić information content (AvgIpc) is 3.08. The fourth-order valence-corrected chi connectivity index (χ4v) is 3.00. The summed E-state index contributed by atoms with van der Waals surface area (Å²) >= 11 is 0. The summed E-state index contributed by atoms with van der Waals surface area (Å²) in [6, 6.07) is 7.15. The zero-order chi connectivity index (χ0) is 17.1. The number of ether oxygens (including phenoxy) is 1. The fraction of sp³-hybridized carbons (Fsp3) is 0.471. The van der Waals surface area contributed by atoms with E-state index in [9.17, 15) is 9.59 Å². The predicted molar refractivity (Wildman–Crippen MR) is 97.7 cm³/mol. The average molecular weight is 367 g/mol. The van der Waals surface area contributed by atoms with Gasteiger partial charge in [-0.3, -0.25) is 9.59 Å². The highest BCUT2D eigenvalue weighted by Crippen LogP contribution is 2.21. The molecule has 1 aliphatic heterocycles. The molecule has 0 unspecified atom stereocenters. The first kappa shape index (κ1) is 19.4. The number of carbonyl (C=O) groups is 1. The Balaban J connectivity index is 0.00000225. The molecule has 0 spiro atoms. The van der Waals surface area contributed by atoms with Crippen LogP contribution in [0.25, 0.3) is 10.9 Å². The van der Waals surface area contributed by atoms with Gasteiger partial charge in [0.1, 0.15) is 11.9 Å². The molecular weight excluding hydrogens is 344 g/mol. The molecule has 0 saturated carbocycles. The topological polar surface area (TPSA) is 101 Å². The number of rotatable bonds is 5. The molecule has 0 bridgehead atoms. The van der Waals surface area contributed by atoms with Crippen LogP contribution in [0.2, 0.25) is 0 Å². The Labute approximate surface area is 152 Å². The molecule has 8 heteroatoms. The van der Waals surface area contributed by atoms with E-state index >= 15 is 0 Å². The summed E-state index contributed by atoms with van der Waals surface area (Å²) in [6.45, 7) is 3.09. The smallest absolute Gasteiger partial charge is 0.258 e. The van der Waals surface area contributed by atoms with Crippen LogP contribution in [0.4, 0.5) is 0 Å². The molecule has 1 fully saturated rings. The van der Waals surface area contributed by atoms with Gasteiger partial charge in [-0.1, -0.05) is 12.1 Å². The summed E-state index contributed by atoms with van der Waals surface area (Å²) in [4.78, 5) is 33.6. The van der Waals surface area contributed by atoms with Crippen LogP contribution in [-0.2, 0) is 16.1 Å². The van der Waals surface area contributed by atoms with Gasteiger partial charge in [0.2, 0.25) is 0 Å². The first-order valence-corrected chi connectivity index (χ1v) is 8.24. The zero-order valence-corrected chi connectivity index (χ0v) is 14.9. The van der Waals surface area contributed by atoms with Crippen molar-refractivity contribution in [1.82, 2.24) is 14.9 Å². The van der Waals surface area contributed by atoms with Crippen molar-refractivity contribution < 1.29 is 9.53 Å². The second kappa shape index (κ2) is 8.42. The molecule has 136 valence electrons. The summed E-state index contributed by atoms with van der Waals surface area (Å²) < 4.78 is 5.68. The predicted octanol–water partition coefficient (Wildman–Crippen LogP) is 1.20. The van der Waals surface area contributed by atoms with Gasteiger partial charge in [-0.2, -0.15) is 0 Å². The van der Waals surface area contributed by atoms with E-state index in [1.165, 1.54) is 0 Å². The van der Waals surface area contributed by atoms with Crippen LogP contribution in [-0.4, -0.2) is 46.1 Å². The monoisotopic (exact) mass is 366 g/mol. The van der Waals surface area contributed by atoms with Crippen molar-refractivity contribution in [2.45, 2.75) is 38.5 Å². The maximum atomic E-state index is 12.6. The number of aromatic nitrogens is 2. The number of nitrogens with zero attached hydrogens (tertiary/aromatic N) is 2. The van der Waals surface area contributed by atoms with Gasteiger partial charge >= 0.3 is 0 Å². The number of fused-ring (bicyclic) bond motifs is 1. The molecule has 1 aromatic carbocycles. The van der Waals surface area contributed by atoms with Crippen molar-refractivity contribution in [3.05, 3.63) is 40.4 Å². The van der Waals surface area contributed by atoms with E-state index in [4.69, 9.17) is 10.5 Å². The van der Waals surface area contributed by atoms with Crippen molar-refractivity contribution in [1.29, 1.82) is 0 Å². The lowest BCUT2D eigenvalue weighted by atomic mass is 10.2. The molecule has 1 amide bonds. The largest absolute Gasteiger partial charge is 0.364 e. The van der Waals surface area contributed by atoms with Crippen molar-refractivity contribution in [2.24, 2.45) is 5.73 Å². The lowest BCUT2D eigenvalue weighted by Gasteiger charge is -2.23. The number of carbonyl (C=O) groups excluding carboxylic acids is 1. The summed E-state index contributed by atoms with van der Waals surface area (Å²) in [5, 5.41) is 0.542. The molecular formula is C17H23ClN4O3. The quantitative estimate of drug-likeness (QED) is 0.827. The van der Waals surface area contributed by atoms with Crippen molar-refractivity contribution in [2.75, 3.05) is 13.1 Å². The van der Waals surface area contributed by atoms with Gasteiger partial charge in [0, 0.05) is 13.1 Å². The molecule has 25 heavy (non-hydrogen) atoms. The highest BCUT2D eigenvalue weighted by Gasteiger charge is 2.32. The van der Waals surface area contributed by atoms with E-state index in [2.05, 4.69) is 9.97 Å². The summed E-state index contributed by atoms with van der Waals surface area (Å²) in [5.41, 5.74) is 6.03. The summed E-state index contributed by atoms with van der Waals surface area (Å²) in [7, 11) is 0. The number of benzene rings is 1. The third-order valence-corrected chi connectivity index (χ3v) is 4.34. The second-order valence-electron chi connectivity index (χ2n) is 5.94. The van der Waals surface area contributed by atoms with E-state index in [-0.39, 0.29) is 36.5 Å². The van der Waals surface area contributed by atoms with Crippen LogP contribution < -0.4 is 11.3 Å². The van der Waals surface area contributed by atoms with Crippen LogP contribution in [0.1, 0.15) is 25.6 Å². The molecule has 2 heterocycles. The van der Waals surface area contributed by atoms with Crippen LogP contribution >= 0.6 is 12.4 Å². The molecule has 7 nitrogen and oxygen atoms in total. The Bertz CT molecular complexity index is 795. The number of amides is 1. The molecule has 2 aromatic rings. The molecule has 3 N–H and O–H groups in total. The Hall–Kier alpha value is -1.96. The minimum absolute atomic E-state index is 0. The zero-order valence-electron chi connectivity index (χ0n) is 14.1. The molecule has 1 aliphatic rings. The highest BCUT2D eigenvalue weighted by atomic mass is 35.5. The molecule has 1 aromatic heterocycles. The van der Waals surface area contributed by atoms with E-state index < -0.39 is 6.10 Å². The number of hydrogen-bond donors (Lipinski definition) is 2. The Morgan fingerprint density at radius 2 is 2.16 bits per heavy atom. The number of H-pyrrole nitrogens is 1. The normalized spacial score (nSPS) is 19.6. The van der Waals surface area contributed by atoms with Crippen LogP contribution in [0, 0.1) is 0 Å². The molecule has 2 atom stereocenters.